The Morgan fingerprint density at radius 1 is 1.11 bits per heavy atom. The van der Waals surface area contributed by atoms with Crippen LogP contribution in [0.25, 0.3) is 0 Å². The van der Waals surface area contributed by atoms with Crippen LogP contribution in [-0.4, -0.2) is 11.1 Å². The maximum absolute atomic E-state index is 11.6. The van der Waals surface area contributed by atoms with Gasteiger partial charge in [0.15, 0.2) is 5.78 Å². The molecule has 0 aromatic heterocycles. The number of alkyl halides is 1. The Labute approximate surface area is 119 Å². The standard InChI is InChI=1S/C16H23BrO/c1-2-3-4-5-6-7-9-14-10-8-11-15(12-14)16(18)13-17/h8,10-12H,2-7,9,13H2,1H3. The summed E-state index contributed by atoms with van der Waals surface area (Å²) < 4.78 is 0. The fraction of sp³-hybridized carbons (Fsp3) is 0.562. The third-order valence-electron chi connectivity index (χ3n) is 3.19. The van der Waals surface area contributed by atoms with Crippen LogP contribution < -0.4 is 0 Å². The number of carbonyl (C=O) groups excluding carboxylic acids is 1. The van der Waals surface area contributed by atoms with Crippen LogP contribution >= 0.6 is 15.9 Å². The summed E-state index contributed by atoms with van der Waals surface area (Å²) in [6.07, 6.45) is 8.99. The maximum Gasteiger partial charge on any atom is 0.173 e. The van der Waals surface area contributed by atoms with Gasteiger partial charge < -0.3 is 0 Å². The van der Waals surface area contributed by atoms with Gasteiger partial charge >= 0.3 is 0 Å². The van der Waals surface area contributed by atoms with Gasteiger partial charge in [0.05, 0.1) is 5.33 Å². The number of benzene rings is 1. The van der Waals surface area contributed by atoms with Gasteiger partial charge in [-0.05, 0) is 24.5 Å². The van der Waals surface area contributed by atoms with E-state index in [9.17, 15) is 4.79 Å². The van der Waals surface area contributed by atoms with Gasteiger partial charge in [-0.25, -0.2) is 0 Å². The minimum atomic E-state index is 0.166. The molecular formula is C16H23BrO. The van der Waals surface area contributed by atoms with Crippen LogP contribution in [0.1, 0.15) is 61.4 Å². The van der Waals surface area contributed by atoms with Gasteiger partial charge in [-0.1, -0.05) is 73.2 Å². The predicted molar refractivity (Wildman–Crippen MR) is 81.6 cm³/mol. The second-order valence-corrected chi connectivity index (χ2v) is 5.34. The first-order chi connectivity index (χ1) is 8.77. The van der Waals surface area contributed by atoms with Crippen LogP contribution in [0.15, 0.2) is 24.3 Å². The van der Waals surface area contributed by atoms with Crippen molar-refractivity contribution < 1.29 is 4.79 Å². The Bertz CT molecular complexity index is 360. The van der Waals surface area contributed by atoms with Crippen LogP contribution in [-0.2, 0) is 6.42 Å². The fourth-order valence-corrected chi connectivity index (χ4v) is 2.41. The van der Waals surface area contributed by atoms with Gasteiger partial charge in [-0.15, -0.1) is 0 Å². The highest BCUT2D eigenvalue weighted by Crippen LogP contribution is 2.12. The molecule has 0 aliphatic carbocycles. The van der Waals surface area contributed by atoms with E-state index in [-0.39, 0.29) is 5.78 Å². The molecule has 0 N–H and O–H groups in total. The molecule has 1 aromatic rings. The van der Waals surface area contributed by atoms with Crippen molar-refractivity contribution >= 4 is 21.7 Å². The highest BCUT2D eigenvalue weighted by Gasteiger charge is 2.04. The molecule has 0 aliphatic rings. The van der Waals surface area contributed by atoms with E-state index in [1.165, 1.54) is 44.1 Å². The highest BCUT2D eigenvalue weighted by molar-refractivity contribution is 9.09. The monoisotopic (exact) mass is 310 g/mol. The summed E-state index contributed by atoms with van der Waals surface area (Å²) in [6, 6.07) is 8.04. The number of ketones is 1. The molecule has 0 heterocycles. The first kappa shape index (κ1) is 15.4. The molecule has 1 rings (SSSR count). The SMILES string of the molecule is CCCCCCCCc1cccc(C(=O)CBr)c1. The Kier molecular flexibility index (Phi) is 7.99. The summed E-state index contributed by atoms with van der Waals surface area (Å²) >= 11 is 3.21. The molecule has 0 fully saturated rings. The molecule has 1 aromatic carbocycles. The van der Waals surface area contributed by atoms with Gasteiger partial charge in [0.2, 0.25) is 0 Å². The van der Waals surface area contributed by atoms with Crippen LogP contribution in [0.4, 0.5) is 0 Å². The predicted octanol–water partition coefficient (Wildman–Crippen LogP) is 5.17. The number of aryl methyl sites for hydroxylation is 1. The van der Waals surface area contributed by atoms with Gasteiger partial charge in [-0.2, -0.15) is 0 Å². The minimum absolute atomic E-state index is 0.166. The van der Waals surface area contributed by atoms with Crippen molar-refractivity contribution in [2.45, 2.75) is 51.9 Å². The molecule has 18 heavy (non-hydrogen) atoms. The lowest BCUT2D eigenvalue weighted by molar-refractivity contribution is 0.102. The Balaban J connectivity index is 2.32. The topological polar surface area (TPSA) is 17.1 Å². The Morgan fingerprint density at radius 2 is 1.83 bits per heavy atom. The maximum atomic E-state index is 11.6. The third-order valence-corrected chi connectivity index (χ3v) is 3.70. The second-order valence-electron chi connectivity index (χ2n) is 4.77. The summed E-state index contributed by atoms with van der Waals surface area (Å²) in [5, 5.41) is 0.410. The zero-order chi connectivity index (χ0) is 13.2. The molecule has 1 nitrogen and oxygen atoms in total. The lowest BCUT2D eigenvalue weighted by atomic mass is 10.0. The van der Waals surface area contributed by atoms with Crippen molar-refractivity contribution in [1.29, 1.82) is 0 Å². The summed E-state index contributed by atoms with van der Waals surface area (Å²) in [4.78, 5) is 11.6. The van der Waals surface area contributed by atoms with Gasteiger partial charge in [-0.3, -0.25) is 4.79 Å². The van der Waals surface area contributed by atoms with E-state index in [2.05, 4.69) is 28.9 Å². The Morgan fingerprint density at radius 3 is 2.56 bits per heavy atom. The number of hydrogen-bond donors (Lipinski definition) is 0. The minimum Gasteiger partial charge on any atom is -0.293 e. The molecule has 100 valence electrons. The van der Waals surface area contributed by atoms with Crippen molar-refractivity contribution in [3.63, 3.8) is 0 Å². The summed E-state index contributed by atoms with van der Waals surface area (Å²) in [5.74, 6) is 0.166. The molecule has 0 radical (unpaired) electrons. The van der Waals surface area contributed by atoms with Gasteiger partial charge in [0.25, 0.3) is 0 Å². The molecule has 0 unspecified atom stereocenters. The van der Waals surface area contributed by atoms with Gasteiger partial charge in [0.1, 0.15) is 0 Å². The van der Waals surface area contributed by atoms with Crippen molar-refractivity contribution in [2.24, 2.45) is 0 Å². The highest BCUT2D eigenvalue weighted by atomic mass is 79.9. The van der Waals surface area contributed by atoms with Gasteiger partial charge in [0, 0.05) is 5.56 Å². The lowest BCUT2D eigenvalue weighted by Crippen LogP contribution is -2.00. The molecule has 0 bridgehead atoms. The first-order valence-electron chi connectivity index (χ1n) is 6.96. The Hall–Kier alpha value is -0.630. The lowest BCUT2D eigenvalue weighted by Gasteiger charge is -2.04. The van der Waals surface area contributed by atoms with E-state index in [0.717, 1.165) is 12.0 Å². The first-order valence-corrected chi connectivity index (χ1v) is 8.08. The normalized spacial score (nSPS) is 10.6. The smallest absolute Gasteiger partial charge is 0.173 e. The van der Waals surface area contributed by atoms with Crippen LogP contribution in [0.3, 0.4) is 0 Å². The van der Waals surface area contributed by atoms with Crippen LogP contribution in [0.2, 0.25) is 0 Å². The number of carbonyl (C=O) groups is 1. The van der Waals surface area contributed by atoms with Crippen molar-refractivity contribution in [1.82, 2.24) is 0 Å². The number of halogens is 1. The number of unbranched alkanes of at least 4 members (excludes halogenated alkanes) is 5. The molecule has 0 aliphatic heterocycles. The molecule has 0 spiro atoms. The van der Waals surface area contributed by atoms with Crippen molar-refractivity contribution in [2.75, 3.05) is 5.33 Å². The number of hydrogen-bond acceptors (Lipinski definition) is 1. The average molecular weight is 311 g/mol. The van der Waals surface area contributed by atoms with Crippen molar-refractivity contribution in [3.05, 3.63) is 35.4 Å². The van der Waals surface area contributed by atoms with Crippen LogP contribution in [0, 0.1) is 0 Å². The van der Waals surface area contributed by atoms with E-state index in [1.54, 1.807) is 0 Å². The molecular weight excluding hydrogens is 288 g/mol. The largest absolute Gasteiger partial charge is 0.293 e. The zero-order valence-electron chi connectivity index (χ0n) is 11.3. The number of rotatable bonds is 9. The summed E-state index contributed by atoms with van der Waals surface area (Å²) in [6.45, 7) is 2.24. The van der Waals surface area contributed by atoms with E-state index >= 15 is 0 Å². The summed E-state index contributed by atoms with van der Waals surface area (Å²) in [7, 11) is 0. The molecule has 0 amide bonds. The summed E-state index contributed by atoms with van der Waals surface area (Å²) in [5.41, 5.74) is 2.12. The van der Waals surface area contributed by atoms with Crippen LogP contribution in [0.5, 0.6) is 0 Å². The molecule has 2 heteroatoms. The van der Waals surface area contributed by atoms with E-state index in [1.807, 2.05) is 18.2 Å². The molecule has 0 atom stereocenters. The molecule has 0 saturated carbocycles. The second kappa shape index (κ2) is 9.32. The third kappa shape index (κ3) is 5.81. The average Bonchev–Trinajstić information content (AvgIpc) is 2.42. The van der Waals surface area contributed by atoms with E-state index in [0.29, 0.717) is 5.33 Å². The van der Waals surface area contributed by atoms with E-state index < -0.39 is 0 Å². The van der Waals surface area contributed by atoms with E-state index in [4.69, 9.17) is 0 Å². The van der Waals surface area contributed by atoms with Crippen molar-refractivity contribution in [3.8, 4) is 0 Å². The number of Topliss-reactive ketones (excluding diaryl/α,β-unsaturated/α-hetero) is 1. The molecule has 0 saturated heterocycles. The zero-order valence-corrected chi connectivity index (χ0v) is 12.8. The quantitative estimate of drug-likeness (QED) is 0.349. The fourth-order valence-electron chi connectivity index (χ4n) is 2.09.